The highest BCUT2D eigenvalue weighted by Gasteiger charge is 2.23. The van der Waals surface area contributed by atoms with Crippen LogP contribution in [0.5, 0.6) is 5.75 Å². The van der Waals surface area contributed by atoms with Crippen LogP contribution in [0.4, 0.5) is 0 Å². The van der Waals surface area contributed by atoms with Crippen LogP contribution in [0.2, 0.25) is 0 Å². The summed E-state index contributed by atoms with van der Waals surface area (Å²) in [6, 6.07) is 4.44. The molecule has 4 heteroatoms. The number of carbonyl (C=O) groups is 1. The summed E-state index contributed by atoms with van der Waals surface area (Å²) in [5.41, 5.74) is 7.13. The van der Waals surface area contributed by atoms with Crippen LogP contribution < -0.4 is 10.5 Å². The van der Waals surface area contributed by atoms with Crippen molar-refractivity contribution in [3.05, 3.63) is 29.3 Å². The zero-order valence-electron chi connectivity index (χ0n) is 7.56. The van der Waals surface area contributed by atoms with E-state index in [1.165, 1.54) is 0 Å². The summed E-state index contributed by atoms with van der Waals surface area (Å²) >= 11 is 0. The van der Waals surface area contributed by atoms with Gasteiger partial charge < -0.3 is 15.6 Å². The Morgan fingerprint density at radius 1 is 1.57 bits per heavy atom. The van der Waals surface area contributed by atoms with Crippen molar-refractivity contribution < 1.29 is 14.6 Å². The maximum Gasteiger partial charge on any atom is 0.325 e. The number of hydrogen-bond acceptors (Lipinski definition) is 3. The molecule has 74 valence electrons. The van der Waals surface area contributed by atoms with E-state index in [1.54, 1.807) is 6.07 Å². The van der Waals surface area contributed by atoms with Gasteiger partial charge in [0.15, 0.2) is 0 Å². The smallest absolute Gasteiger partial charge is 0.325 e. The molecule has 0 radical (unpaired) electrons. The standard InChI is InChI=1S/C10H11NO3/c11-8(10(12)13)7-3-1-2-6-4-5-14-9(6)7/h1-3,8H,4-5,11H2,(H,12,13)/t8-/m1/s1. The molecule has 0 fully saturated rings. The zero-order valence-corrected chi connectivity index (χ0v) is 7.56. The average molecular weight is 193 g/mol. The van der Waals surface area contributed by atoms with Crippen molar-refractivity contribution in [2.45, 2.75) is 12.5 Å². The lowest BCUT2D eigenvalue weighted by molar-refractivity contribution is -0.138. The van der Waals surface area contributed by atoms with Gasteiger partial charge in [-0.15, -0.1) is 0 Å². The van der Waals surface area contributed by atoms with Crippen LogP contribution in [0.3, 0.4) is 0 Å². The van der Waals surface area contributed by atoms with E-state index >= 15 is 0 Å². The van der Waals surface area contributed by atoms with Gasteiger partial charge in [0.2, 0.25) is 0 Å². The fraction of sp³-hybridized carbons (Fsp3) is 0.300. The van der Waals surface area contributed by atoms with Crippen LogP contribution in [0.15, 0.2) is 18.2 Å². The first-order valence-electron chi connectivity index (χ1n) is 4.43. The Morgan fingerprint density at radius 2 is 2.36 bits per heavy atom. The lowest BCUT2D eigenvalue weighted by Crippen LogP contribution is -2.21. The topological polar surface area (TPSA) is 72.6 Å². The molecule has 1 atom stereocenters. The van der Waals surface area contributed by atoms with E-state index in [-0.39, 0.29) is 0 Å². The molecule has 0 amide bonds. The van der Waals surface area contributed by atoms with Crippen LogP contribution >= 0.6 is 0 Å². The molecule has 1 aromatic carbocycles. The van der Waals surface area contributed by atoms with Crippen LogP contribution in [0.1, 0.15) is 17.2 Å². The summed E-state index contributed by atoms with van der Waals surface area (Å²) in [5.74, 6) is -0.378. The highest BCUT2D eigenvalue weighted by molar-refractivity contribution is 5.76. The number of ether oxygens (including phenoxy) is 1. The summed E-state index contributed by atoms with van der Waals surface area (Å²) < 4.78 is 5.36. The van der Waals surface area contributed by atoms with Gasteiger partial charge in [-0.25, -0.2) is 0 Å². The normalized spacial score (nSPS) is 15.8. The van der Waals surface area contributed by atoms with Crippen LogP contribution in [0.25, 0.3) is 0 Å². The van der Waals surface area contributed by atoms with E-state index in [0.717, 1.165) is 12.0 Å². The van der Waals surface area contributed by atoms with Crippen molar-refractivity contribution in [2.75, 3.05) is 6.61 Å². The maximum absolute atomic E-state index is 10.7. The lowest BCUT2D eigenvalue weighted by Gasteiger charge is -2.11. The second kappa shape index (κ2) is 3.31. The number of hydrogen-bond donors (Lipinski definition) is 2. The Morgan fingerprint density at radius 3 is 3.07 bits per heavy atom. The van der Waals surface area contributed by atoms with Gasteiger partial charge in [-0.3, -0.25) is 4.79 Å². The monoisotopic (exact) mass is 193 g/mol. The molecule has 3 N–H and O–H groups in total. The molecule has 1 aliphatic heterocycles. The van der Waals surface area contributed by atoms with Gasteiger partial charge in [0.05, 0.1) is 6.61 Å². The molecule has 4 nitrogen and oxygen atoms in total. The predicted molar refractivity (Wildman–Crippen MR) is 50.2 cm³/mol. The maximum atomic E-state index is 10.7. The van der Waals surface area contributed by atoms with Crippen LogP contribution in [0, 0.1) is 0 Å². The molecule has 0 aromatic heterocycles. The van der Waals surface area contributed by atoms with E-state index in [4.69, 9.17) is 15.6 Å². The Kier molecular flexibility index (Phi) is 2.13. The number of carboxylic acid groups (broad SMARTS) is 1. The molecule has 0 saturated heterocycles. The molecule has 1 heterocycles. The minimum Gasteiger partial charge on any atom is -0.493 e. The lowest BCUT2D eigenvalue weighted by atomic mass is 10.0. The number of aliphatic carboxylic acids is 1. The summed E-state index contributed by atoms with van der Waals surface area (Å²) in [4.78, 5) is 10.7. The molecule has 0 spiro atoms. The molecule has 0 aliphatic carbocycles. The van der Waals surface area contributed by atoms with E-state index in [2.05, 4.69) is 0 Å². The number of fused-ring (bicyclic) bond motifs is 1. The molecule has 1 aromatic rings. The zero-order chi connectivity index (χ0) is 10.1. The highest BCUT2D eigenvalue weighted by Crippen LogP contribution is 2.32. The van der Waals surface area contributed by atoms with Crippen molar-refractivity contribution in [3.8, 4) is 5.75 Å². The molecule has 0 bridgehead atoms. The second-order valence-electron chi connectivity index (χ2n) is 3.25. The van der Waals surface area contributed by atoms with Crippen molar-refractivity contribution in [3.63, 3.8) is 0 Å². The van der Waals surface area contributed by atoms with E-state index in [0.29, 0.717) is 17.9 Å². The van der Waals surface area contributed by atoms with Crippen LogP contribution in [-0.2, 0) is 11.2 Å². The Hall–Kier alpha value is -1.55. The molecule has 2 rings (SSSR count). The van der Waals surface area contributed by atoms with Gasteiger partial charge in [-0.2, -0.15) is 0 Å². The predicted octanol–water partition coefficient (Wildman–Crippen LogP) is 0.706. The quantitative estimate of drug-likeness (QED) is 0.725. The molecule has 0 saturated carbocycles. The summed E-state index contributed by atoms with van der Waals surface area (Å²) in [6.07, 6.45) is 0.829. The summed E-state index contributed by atoms with van der Waals surface area (Å²) in [6.45, 7) is 0.610. The number of benzene rings is 1. The first-order valence-corrected chi connectivity index (χ1v) is 4.43. The molecular weight excluding hydrogens is 182 g/mol. The van der Waals surface area contributed by atoms with Crippen molar-refractivity contribution in [1.29, 1.82) is 0 Å². The van der Waals surface area contributed by atoms with Gasteiger partial charge in [0, 0.05) is 12.0 Å². The molecule has 14 heavy (non-hydrogen) atoms. The Labute approximate surface area is 81.3 Å². The molecule has 0 unspecified atom stereocenters. The first kappa shape index (κ1) is 9.02. The van der Waals surface area contributed by atoms with Gasteiger partial charge in [-0.1, -0.05) is 18.2 Å². The Balaban J connectivity index is 2.44. The highest BCUT2D eigenvalue weighted by atomic mass is 16.5. The third-order valence-corrected chi connectivity index (χ3v) is 2.35. The third-order valence-electron chi connectivity index (χ3n) is 2.35. The second-order valence-corrected chi connectivity index (χ2v) is 3.25. The number of nitrogens with two attached hydrogens (primary N) is 1. The van der Waals surface area contributed by atoms with E-state index in [9.17, 15) is 4.79 Å². The van der Waals surface area contributed by atoms with E-state index < -0.39 is 12.0 Å². The van der Waals surface area contributed by atoms with Crippen LogP contribution in [-0.4, -0.2) is 17.7 Å². The summed E-state index contributed by atoms with van der Waals surface area (Å²) in [5, 5.41) is 8.79. The van der Waals surface area contributed by atoms with Gasteiger partial charge in [-0.05, 0) is 5.56 Å². The minimum absolute atomic E-state index is 0.563. The van der Waals surface area contributed by atoms with Gasteiger partial charge in [0.1, 0.15) is 11.8 Å². The molecule has 1 aliphatic rings. The van der Waals surface area contributed by atoms with Gasteiger partial charge >= 0.3 is 5.97 Å². The fourth-order valence-corrected chi connectivity index (χ4v) is 1.62. The number of para-hydroxylation sites is 1. The average Bonchev–Trinajstić information content (AvgIpc) is 2.63. The number of carboxylic acids is 1. The fourth-order valence-electron chi connectivity index (χ4n) is 1.62. The molecular formula is C10H11NO3. The largest absolute Gasteiger partial charge is 0.493 e. The van der Waals surface area contributed by atoms with Gasteiger partial charge in [0.25, 0.3) is 0 Å². The van der Waals surface area contributed by atoms with Crippen molar-refractivity contribution in [2.24, 2.45) is 5.73 Å². The van der Waals surface area contributed by atoms with E-state index in [1.807, 2.05) is 12.1 Å². The van der Waals surface area contributed by atoms with Crippen molar-refractivity contribution in [1.82, 2.24) is 0 Å². The Bertz CT molecular complexity index is 376. The van der Waals surface area contributed by atoms with Crippen molar-refractivity contribution >= 4 is 5.97 Å². The SMILES string of the molecule is N[C@@H](C(=O)O)c1cccc2c1OCC2. The summed E-state index contributed by atoms with van der Waals surface area (Å²) in [7, 11) is 0. The number of rotatable bonds is 2. The minimum atomic E-state index is -1.03. The first-order chi connectivity index (χ1) is 6.70. The third kappa shape index (κ3) is 1.33.